The fraction of sp³-hybridized carbons (Fsp3) is 0.548. The summed E-state index contributed by atoms with van der Waals surface area (Å²) in [5.74, 6) is -0.502. The van der Waals surface area contributed by atoms with Gasteiger partial charge in [-0.25, -0.2) is 4.79 Å². The fourth-order valence-corrected chi connectivity index (χ4v) is 5.10. The molecular weight excluding hydrogens is 514 g/mol. The molecule has 1 N–H and O–H groups in total. The Morgan fingerprint density at radius 3 is 2.02 bits per heavy atom. The number of hydrogen-bond donors (Lipinski definition) is 1. The van der Waals surface area contributed by atoms with Crippen LogP contribution in [0.15, 0.2) is 60.7 Å². The van der Waals surface area contributed by atoms with E-state index in [1.54, 1.807) is 6.92 Å². The van der Waals surface area contributed by atoms with Gasteiger partial charge >= 0.3 is 12.1 Å². The zero-order valence-corrected chi connectivity index (χ0v) is 23.4. The lowest BCUT2D eigenvalue weighted by atomic mass is 9.96. The van der Waals surface area contributed by atoms with Crippen LogP contribution in [0.3, 0.4) is 0 Å². The van der Waals surface area contributed by atoms with E-state index in [1.807, 2.05) is 60.7 Å². The highest BCUT2D eigenvalue weighted by atomic mass is 16.7. The molecule has 2 aliphatic rings. The first-order valence-corrected chi connectivity index (χ1v) is 14.2. The summed E-state index contributed by atoms with van der Waals surface area (Å²) in [7, 11) is 0. The molecular formula is C31H41NO8. The molecule has 0 spiro atoms. The number of benzene rings is 2. The van der Waals surface area contributed by atoms with Crippen molar-refractivity contribution in [1.29, 1.82) is 0 Å². The summed E-state index contributed by atoms with van der Waals surface area (Å²) in [6.07, 6.45) is 0.619. The molecule has 0 unspecified atom stereocenters. The van der Waals surface area contributed by atoms with Gasteiger partial charge in [-0.15, -0.1) is 0 Å². The zero-order chi connectivity index (χ0) is 28.2. The van der Waals surface area contributed by atoms with Crippen LogP contribution in [0.1, 0.15) is 57.1 Å². The van der Waals surface area contributed by atoms with Gasteiger partial charge in [0.05, 0.1) is 19.3 Å². The molecule has 1 aliphatic carbocycles. The van der Waals surface area contributed by atoms with Crippen LogP contribution in [0.2, 0.25) is 0 Å². The molecule has 1 saturated carbocycles. The minimum absolute atomic E-state index is 0.00609. The van der Waals surface area contributed by atoms with Gasteiger partial charge in [-0.3, -0.25) is 4.79 Å². The van der Waals surface area contributed by atoms with Crippen LogP contribution in [0.5, 0.6) is 0 Å². The van der Waals surface area contributed by atoms with Gasteiger partial charge in [0.25, 0.3) is 0 Å². The molecule has 40 heavy (non-hydrogen) atoms. The topological polar surface area (TPSA) is 102 Å². The molecule has 2 fully saturated rings. The van der Waals surface area contributed by atoms with Gasteiger partial charge in [-0.1, -0.05) is 79.9 Å². The normalized spacial score (nSPS) is 25.2. The number of nitrogens with one attached hydrogen (secondary N) is 1. The van der Waals surface area contributed by atoms with E-state index in [2.05, 4.69) is 5.32 Å². The third-order valence-electron chi connectivity index (χ3n) is 7.04. The van der Waals surface area contributed by atoms with Crippen LogP contribution in [0.25, 0.3) is 0 Å². The lowest BCUT2D eigenvalue weighted by Gasteiger charge is -2.46. The van der Waals surface area contributed by atoms with E-state index in [9.17, 15) is 9.59 Å². The summed E-state index contributed by atoms with van der Waals surface area (Å²) in [6, 6.07) is 19.6. The molecule has 1 heterocycles. The van der Waals surface area contributed by atoms with Crippen molar-refractivity contribution in [2.45, 2.75) is 96.0 Å². The maximum Gasteiger partial charge on any atom is 0.407 e. The maximum absolute atomic E-state index is 12.3. The van der Waals surface area contributed by atoms with Gasteiger partial charge in [0.1, 0.15) is 24.9 Å². The Labute approximate surface area is 236 Å². The third kappa shape index (κ3) is 9.02. The van der Waals surface area contributed by atoms with E-state index in [0.29, 0.717) is 6.54 Å². The number of amides is 1. The predicted molar refractivity (Wildman–Crippen MR) is 147 cm³/mol. The summed E-state index contributed by atoms with van der Waals surface area (Å²) >= 11 is 0. The van der Waals surface area contributed by atoms with E-state index in [4.69, 9.17) is 28.4 Å². The van der Waals surface area contributed by atoms with E-state index < -0.39 is 42.8 Å². The number of esters is 1. The molecule has 9 nitrogen and oxygen atoms in total. The average Bonchev–Trinajstić information content (AvgIpc) is 2.97. The van der Waals surface area contributed by atoms with E-state index >= 15 is 0 Å². The molecule has 218 valence electrons. The second kappa shape index (κ2) is 15.7. The van der Waals surface area contributed by atoms with Gasteiger partial charge in [0.15, 0.2) is 12.4 Å². The quantitative estimate of drug-likeness (QED) is 0.369. The Hall–Kier alpha value is -2.98. The van der Waals surface area contributed by atoms with Crippen LogP contribution in [-0.4, -0.2) is 62.0 Å². The van der Waals surface area contributed by atoms with Crippen LogP contribution in [0.4, 0.5) is 4.79 Å². The van der Waals surface area contributed by atoms with Crippen molar-refractivity contribution >= 4 is 12.1 Å². The Morgan fingerprint density at radius 2 is 1.45 bits per heavy atom. The van der Waals surface area contributed by atoms with Crippen LogP contribution < -0.4 is 5.32 Å². The molecule has 5 atom stereocenters. The van der Waals surface area contributed by atoms with Gasteiger partial charge in [0.2, 0.25) is 0 Å². The number of carbonyl (C=O) groups excluding carboxylic acids is 2. The lowest BCUT2D eigenvalue weighted by Crippen LogP contribution is -2.62. The Kier molecular flexibility index (Phi) is 11.8. The number of alkyl carbamates (subject to hydrolysis) is 1. The molecule has 0 aromatic heterocycles. The van der Waals surface area contributed by atoms with Crippen molar-refractivity contribution in [2.75, 3.05) is 13.2 Å². The van der Waals surface area contributed by atoms with Crippen molar-refractivity contribution in [2.24, 2.45) is 0 Å². The van der Waals surface area contributed by atoms with E-state index in [0.717, 1.165) is 36.8 Å². The van der Waals surface area contributed by atoms with Crippen molar-refractivity contribution in [1.82, 2.24) is 5.32 Å². The monoisotopic (exact) mass is 555 g/mol. The number of carbonyl (C=O) groups is 2. The van der Waals surface area contributed by atoms with Crippen molar-refractivity contribution < 1.29 is 38.0 Å². The van der Waals surface area contributed by atoms with Crippen molar-refractivity contribution in [3.8, 4) is 0 Å². The molecule has 0 radical (unpaired) electrons. The van der Waals surface area contributed by atoms with Gasteiger partial charge < -0.3 is 33.7 Å². The standard InChI is InChI=1S/C31H41NO8/c1-3-32-31(34)37-21-26-27(38-22(2)33)28(35-19-23-13-7-4-8-14-23)29(36-20-24-15-9-5-10-16-24)30(40-26)39-25-17-11-6-12-18-25/h4-5,7-10,13-16,25-30H,3,6,11-12,17-21H2,1-2H3,(H,32,34)/t26-,27-,28+,29-,30+/m1/s1. The molecule has 2 aromatic carbocycles. The highest BCUT2D eigenvalue weighted by molar-refractivity contribution is 5.67. The summed E-state index contributed by atoms with van der Waals surface area (Å²) in [5.41, 5.74) is 1.93. The summed E-state index contributed by atoms with van der Waals surface area (Å²) in [4.78, 5) is 24.4. The molecule has 0 bridgehead atoms. The lowest BCUT2D eigenvalue weighted by molar-refractivity contribution is -0.330. The van der Waals surface area contributed by atoms with Crippen LogP contribution in [0, 0.1) is 0 Å². The molecule has 1 amide bonds. The zero-order valence-electron chi connectivity index (χ0n) is 23.4. The first-order chi connectivity index (χ1) is 19.5. The largest absolute Gasteiger partial charge is 0.457 e. The summed E-state index contributed by atoms with van der Waals surface area (Å²) in [5, 5.41) is 2.61. The smallest absolute Gasteiger partial charge is 0.407 e. The van der Waals surface area contributed by atoms with Crippen molar-refractivity contribution in [3.63, 3.8) is 0 Å². The highest BCUT2D eigenvalue weighted by Gasteiger charge is 2.51. The maximum atomic E-state index is 12.3. The minimum Gasteiger partial charge on any atom is -0.457 e. The summed E-state index contributed by atoms with van der Waals surface area (Å²) in [6.45, 7) is 3.96. The second-order valence-electron chi connectivity index (χ2n) is 10.2. The first-order valence-electron chi connectivity index (χ1n) is 14.2. The minimum atomic E-state index is -0.900. The average molecular weight is 556 g/mol. The van der Waals surface area contributed by atoms with Gasteiger partial charge in [0, 0.05) is 13.5 Å². The molecule has 1 saturated heterocycles. The Balaban J connectivity index is 1.62. The molecule has 9 heteroatoms. The SMILES string of the molecule is CCNC(=O)OC[C@H]1O[C@H](OC2CCCCC2)[C@H](OCc2ccccc2)[C@@H](OCc2ccccc2)[C@@H]1OC(C)=O. The second-order valence-corrected chi connectivity index (χ2v) is 10.2. The van der Waals surface area contributed by atoms with Gasteiger partial charge in [-0.05, 0) is 30.9 Å². The number of hydrogen-bond acceptors (Lipinski definition) is 8. The Morgan fingerprint density at radius 1 is 0.850 bits per heavy atom. The predicted octanol–water partition coefficient (Wildman–Crippen LogP) is 4.91. The molecule has 1 aliphatic heterocycles. The molecule has 4 rings (SSSR count). The van der Waals surface area contributed by atoms with Crippen LogP contribution in [-0.2, 0) is 46.4 Å². The van der Waals surface area contributed by atoms with E-state index in [-0.39, 0.29) is 25.9 Å². The van der Waals surface area contributed by atoms with Gasteiger partial charge in [-0.2, -0.15) is 0 Å². The third-order valence-corrected chi connectivity index (χ3v) is 7.04. The highest BCUT2D eigenvalue weighted by Crippen LogP contribution is 2.33. The van der Waals surface area contributed by atoms with Crippen molar-refractivity contribution in [3.05, 3.63) is 71.8 Å². The Bertz CT molecular complexity index is 1030. The molecule has 2 aromatic rings. The van der Waals surface area contributed by atoms with E-state index in [1.165, 1.54) is 13.3 Å². The number of ether oxygens (including phenoxy) is 6. The number of rotatable bonds is 12. The fourth-order valence-electron chi connectivity index (χ4n) is 5.10. The summed E-state index contributed by atoms with van der Waals surface area (Å²) < 4.78 is 37.1. The first kappa shape index (κ1) is 30.0. The van der Waals surface area contributed by atoms with Crippen LogP contribution >= 0.6 is 0 Å².